The number of aromatic amines is 1. The molecule has 0 aliphatic heterocycles. The van der Waals surface area contributed by atoms with Crippen LogP contribution in [0.15, 0.2) is 23.0 Å². The Labute approximate surface area is 128 Å². The molecule has 0 spiro atoms. The van der Waals surface area contributed by atoms with Gasteiger partial charge in [0.15, 0.2) is 0 Å². The van der Waals surface area contributed by atoms with E-state index in [-0.39, 0.29) is 11.7 Å². The lowest BCUT2D eigenvalue weighted by atomic mass is 10.1. The number of nitrogens with zero attached hydrogens (tertiary/aromatic N) is 3. The summed E-state index contributed by atoms with van der Waals surface area (Å²) in [5.74, 6) is 0.496. The van der Waals surface area contributed by atoms with Gasteiger partial charge in [-0.15, -0.1) is 5.10 Å². The van der Waals surface area contributed by atoms with E-state index < -0.39 is 5.69 Å². The number of H-pyrrole nitrogens is 1. The van der Waals surface area contributed by atoms with E-state index in [0.717, 1.165) is 21.6 Å². The summed E-state index contributed by atoms with van der Waals surface area (Å²) in [6.45, 7) is 4.73. The number of carbonyl (C=O) groups excluding carboxylic acids is 1. The van der Waals surface area contributed by atoms with Crippen LogP contribution in [-0.2, 0) is 7.05 Å². The second-order valence-electron chi connectivity index (χ2n) is 5.25. The fourth-order valence-electron chi connectivity index (χ4n) is 1.94. The number of hydrogen-bond acceptors (Lipinski definition) is 4. The topological polar surface area (TPSA) is 80.2 Å². The van der Waals surface area contributed by atoms with Gasteiger partial charge in [0.25, 0.3) is 5.91 Å². The fraction of sp³-hybridized carbons (Fsp3) is 0.400. The number of rotatable bonds is 5. The normalized spacial score (nSPS) is 10.5. The average Bonchev–Trinajstić information content (AvgIpc) is 2.81. The first kappa shape index (κ1) is 15.8. The minimum atomic E-state index is -0.414. The lowest BCUT2D eigenvalue weighted by molar-refractivity contribution is 0.0761. The number of ether oxygens (including phenoxy) is 1. The highest BCUT2D eigenvalue weighted by molar-refractivity contribution is 5.90. The van der Waals surface area contributed by atoms with Crippen molar-refractivity contribution >= 4 is 5.91 Å². The third-order valence-corrected chi connectivity index (χ3v) is 3.35. The summed E-state index contributed by atoms with van der Waals surface area (Å²) >= 11 is 0. The van der Waals surface area contributed by atoms with Gasteiger partial charge < -0.3 is 9.64 Å². The molecule has 0 saturated carbocycles. The van der Waals surface area contributed by atoms with Crippen molar-refractivity contribution in [1.29, 1.82) is 0 Å². The van der Waals surface area contributed by atoms with Crippen LogP contribution < -0.4 is 10.4 Å². The Morgan fingerprint density at radius 1 is 1.41 bits per heavy atom. The second-order valence-corrected chi connectivity index (χ2v) is 5.25. The van der Waals surface area contributed by atoms with Gasteiger partial charge in [0.1, 0.15) is 12.4 Å². The lowest BCUT2D eigenvalue weighted by Gasteiger charge is -2.16. The summed E-state index contributed by atoms with van der Waals surface area (Å²) in [5, 5.41) is 3.84. The summed E-state index contributed by atoms with van der Waals surface area (Å²) in [6.07, 6.45) is 0. The molecule has 0 aliphatic rings. The predicted octanol–water partition coefficient (Wildman–Crippen LogP) is 0.876. The summed E-state index contributed by atoms with van der Waals surface area (Å²) < 4.78 is 6.80. The maximum absolute atomic E-state index is 12.1. The zero-order chi connectivity index (χ0) is 16.3. The molecule has 1 N–H and O–H groups in total. The molecule has 0 aliphatic carbocycles. The van der Waals surface area contributed by atoms with Crippen LogP contribution in [0.1, 0.15) is 21.7 Å². The number of amides is 1. The number of aryl methyl sites for hydroxylation is 3. The smallest absolute Gasteiger partial charge is 0.343 e. The molecule has 22 heavy (non-hydrogen) atoms. The highest BCUT2D eigenvalue weighted by Gasteiger charge is 2.16. The number of aromatic nitrogens is 3. The van der Waals surface area contributed by atoms with E-state index in [9.17, 15) is 9.59 Å². The van der Waals surface area contributed by atoms with E-state index in [1.807, 2.05) is 32.0 Å². The quantitative estimate of drug-likeness (QED) is 0.889. The van der Waals surface area contributed by atoms with E-state index in [0.29, 0.717) is 13.2 Å². The molecule has 118 valence electrons. The minimum absolute atomic E-state index is 0.0294. The van der Waals surface area contributed by atoms with Gasteiger partial charge in [-0.3, -0.25) is 9.78 Å². The van der Waals surface area contributed by atoms with E-state index in [4.69, 9.17) is 4.74 Å². The Morgan fingerprint density at radius 2 is 2.14 bits per heavy atom. The molecule has 1 aromatic carbocycles. The van der Waals surface area contributed by atoms with E-state index in [1.54, 1.807) is 7.05 Å². The molecule has 0 unspecified atom stereocenters. The fourth-order valence-corrected chi connectivity index (χ4v) is 1.94. The first-order valence-corrected chi connectivity index (χ1v) is 6.97. The van der Waals surface area contributed by atoms with Crippen molar-refractivity contribution in [2.24, 2.45) is 7.05 Å². The van der Waals surface area contributed by atoms with Crippen molar-refractivity contribution in [3.05, 3.63) is 45.6 Å². The molecule has 7 nitrogen and oxygen atoms in total. The van der Waals surface area contributed by atoms with E-state index in [2.05, 4.69) is 10.1 Å². The highest BCUT2D eigenvalue weighted by Crippen LogP contribution is 2.18. The molecule has 0 fully saturated rings. The van der Waals surface area contributed by atoms with Gasteiger partial charge in [0.2, 0.25) is 5.82 Å². The van der Waals surface area contributed by atoms with Crippen molar-refractivity contribution in [3.63, 3.8) is 0 Å². The molecular weight excluding hydrogens is 284 g/mol. The van der Waals surface area contributed by atoms with Gasteiger partial charge >= 0.3 is 5.69 Å². The van der Waals surface area contributed by atoms with Crippen LogP contribution in [0.3, 0.4) is 0 Å². The number of likely N-dealkylation sites (N-methyl/N-ethyl adjacent to an activating group) is 1. The SMILES string of the molecule is Cc1ccc(C)c(OCCN(C)C(=O)c2nn(C)c(=O)[nH]2)c1. The largest absolute Gasteiger partial charge is 0.491 e. The Balaban J connectivity index is 1.92. The Kier molecular flexibility index (Phi) is 4.65. The summed E-state index contributed by atoms with van der Waals surface area (Å²) in [5.41, 5.74) is 1.76. The second kappa shape index (κ2) is 6.46. The third kappa shape index (κ3) is 3.55. The zero-order valence-electron chi connectivity index (χ0n) is 13.2. The number of carbonyl (C=O) groups is 1. The van der Waals surface area contributed by atoms with Crippen LogP contribution in [0, 0.1) is 13.8 Å². The molecule has 1 aromatic heterocycles. The molecule has 2 rings (SSSR count). The molecule has 7 heteroatoms. The zero-order valence-corrected chi connectivity index (χ0v) is 13.2. The van der Waals surface area contributed by atoms with Gasteiger partial charge in [-0.2, -0.15) is 0 Å². The Morgan fingerprint density at radius 3 is 2.77 bits per heavy atom. The van der Waals surface area contributed by atoms with Crippen LogP contribution in [0.5, 0.6) is 5.75 Å². The van der Waals surface area contributed by atoms with Crippen molar-refractivity contribution in [2.45, 2.75) is 13.8 Å². The standard InChI is InChI=1S/C15H20N4O3/c1-10-5-6-11(2)12(9-10)22-8-7-18(3)14(20)13-16-15(21)19(4)17-13/h5-6,9H,7-8H2,1-4H3,(H,16,17,21). The first-order valence-electron chi connectivity index (χ1n) is 6.97. The van der Waals surface area contributed by atoms with Crippen LogP contribution >= 0.6 is 0 Å². The molecule has 0 radical (unpaired) electrons. The number of benzene rings is 1. The number of nitrogens with one attached hydrogen (secondary N) is 1. The monoisotopic (exact) mass is 304 g/mol. The molecular formula is C15H20N4O3. The number of hydrogen-bond donors (Lipinski definition) is 1. The highest BCUT2D eigenvalue weighted by atomic mass is 16.5. The predicted molar refractivity (Wildman–Crippen MR) is 82.2 cm³/mol. The summed E-state index contributed by atoms with van der Waals surface area (Å²) in [4.78, 5) is 27.3. The lowest BCUT2D eigenvalue weighted by Crippen LogP contribution is -2.32. The van der Waals surface area contributed by atoms with Crippen molar-refractivity contribution in [3.8, 4) is 5.75 Å². The van der Waals surface area contributed by atoms with E-state index in [1.165, 1.54) is 11.9 Å². The van der Waals surface area contributed by atoms with Crippen molar-refractivity contribution < 1.29 is 9.53 Å². The van der Waals surface area contributed by atoms with Crippen LogP contribution in [0.25, 0.3) is 0 Å². The van der Waals surface area contributed by atoms with Crippen molar-refractivity contribution in [2.75, 3.05) is 20.2 Å². The van der Waals surface area contributed by atoms with Gasteiger partial charge in [0, 0.05) is 14.1 Å². The molecule has 2 aromatic rings. The van der Waals surface area contributed by atoms with Crippen LogP contribution in [0.2, 0.25) is 0 Å². The van der Waals surface area contributed by atoms with Gasteiger partial charge in [-0.05, 0) is 31.0 Å². The first-order chi connectivity index (χ1) is 10.4. The summed E-state index contributed by atoms with van der Waals surface area (Å²) in [6, 6.07) is 5.99. The van der Waals surface area contributed by atoms with E-state index >= 15 is 0 Å². The maximum atomic E-state index is 12.1. The molecule has 1 heterocycles. The average molecular weight is 304 g/mol. The van der Waals surface area contributed by atoms with Gasteiger partial charge in [-0.1, -0.05) is 12.1 Å². The Hall–Kier alpha value is -2.57. The third-order valence-electron chi connectivity index (χ3n) is 3.35. The van der Waals surface area contributed by atoms with Crippen LogP contribution in [-0.4, -0.2) is 45.8 Å². The molecule has 1 amide bonds. The van der Waals surface area contributed by atoms with Gasteiger partial charge in [-0.25, -0.2) is 9.48 Å². The van der Waals surface area contributed by atoms with Gasteiger partial charge in [0.05, 0.1) is 6.54 Å². The molecule has 0 atom stereocenters. The molecule has 0 saturated heterocycles. The Bertz CT molecular complexity index is 733. The maximum Gasteiger partial charge on any atom is 0.343 e. The summed E-state index contributed by atoms with van der Waals surface area (Å²) in [7, 11) is 3.13. The molecule has 0 bridgehead atoms. The van der Waals surface area contributed by atoms with Crippen molar-refractivity contribution in [1.82, 2.24) is 19.7 Å². The minimum Gasteiger partial charge on any atom is -0.491 e. The van der Waals surface area contributed by atoms with Crippen LogP contribution in [0.4, 0.5) is 0 Å².